The van der Waals surface area contributed by atoms with Crippen LogP contribution in [0.15, 0.2) is 36.5 Å². The number of hydrogen-bond donors (Lipinski definition) is 1. The second-order valence-electron chi connectivity index (χ2n) is 4.55. The van der Waals surface area contributed by atoms with E-state index in [2.05, 4.69) is 10.4 Å². The van der Waals surface area contributed by atoms with Crippen molar-refractivity contribution in [3.05, 3.63) is 53.6 Å². The fourth-order valence-corrected chi connectivity index (χ4v) is 1.65. The van der Waals surface area contributed by atoms with Crippen LogP contribution in [0.2, 0.25) is 0 Å². The zero-order valence-corrected chi connectivity index (χ0v) is 10.9. The molecule has 0 fully saturated rings. The lowest BCUT2D eigenvalue weighted by molar-refractivity contribution is 0.0944. The lowest BCUT2D eigenvalue weighted by Crippen LogP contribution is -2.24. The summed E-state index contributed by atoms with van der Waals surface area (Å²) in [7, 11) is 0. The number of nitrogens with zero attached hydrogens (tertiary/aromatic N) is 2. The second kappa shape index (κ2) is 5.65. The summed E-state index contributed by atoms with van der Waals surface area (Å²) in [5, 5.41) is 6.81. The molecule has 0 spiro atoms. The molecule has 0 saturated carbocycles. The Kier molecular flexibility index (Phi) is 3.94. The highest BCUT2D eigenvalue weighted by atomic mass is 19.1. The molecule has 0 bridgehead atoms. The van der Waals surface area contributed by atoms with Gasteiger partial charge in [-0.05, 0) is 26.0 Å². The first kappa shape index (κ1) is 13.3. The number of benzene rings is 1. The van der Waals surface area contributed by atoms with Crippen LogP contribution in [0.3, 0.4) is 0 Å². The van der Waals surface area contributed by atoms with E-state index < -0.39 is 0 Å². The van der Waals surface area contributed by atoms with E-state index in [0.29, 0.717) is 11.3 Å². The van der Waals surface area contributed by atoms with E-state index in [4.69, 9.17) is 0 Å². The molecule has 2 aromatic rings. The molecule has 1 N–H and O–H groups in total. The van der Waals surface area contributed by atoms with Gasteiger partial charge in [0.1, 0.15) is 11.5 Å². The van der Waals surface area contributed by atoms with E-state index in [1.807, 2.05) is 13.8 Å². The summed E-state index contributed by atoms with van der Waals surface area (Å²) in [4.78, 5) is 11.9. The summed E-state index contributed by atoms with van der Waals surface area (Å²) in [6, 6.07) is 8.21. The largest absolute Gasteiger partial charge is 0.346 e. The Morgan fingerprint density at radius 1 is 1.37 bits per heavy atom. The number of aromatic nitrogens is 2. The molecule has 2 rings (SSSR count). The molecule has 19 heavy (non-hydrogen) atoms. The van der Waals surface area contributed by atoms with Crippen molar-refractivity contribution >= 4 is 5.91 Å². The highest BCUT2D eigenvalue weighted by molar-refractivity contribution is 5.92. The van der Waals surface area contributed by atoms with E-state index in [1.54, 1.807) is 35.1 Å². The van der Waals surface area contributed by atoms with Gasteiger partial charge in [-0.3, -0.25) is 9.48 Å². The smallest absolute Gasteiger partial charge is 0.272 e. The van der Waals surface area contributed by atoms with Crippen molar-refractivity contribution in [2.45, 2.75) is 26.4 Å². The number of nitrogens with one attached hydrogen (secondary N) is 1. The predicted molar refractivity (Wildman–Crippen MR) is 70.2 cm³/mol. The van der Waals surface area contributed by atoms with E-state index in [0.717, 1.165) is 0 Å². The topological polar surface area (TPSA) is 46.9 Å². The van der Waals surface area contributed by atoms with Gasteiger partial charge in [0.05, 0.1) is 0 Å². The number of halogens is 1. The van der Waals surface area contributed by atoms with Gasteiger partial charge >= 0.3 is 0 Å². The van der Waals surface area contributed by atoms with Crippen LogP contribution < -0.4 is 5.32 Å². The Labute approximate surface area is 111 Å². The molecule has 1 aromatic heterocycles. The fraction of sp³-hybridized carbons (Fsp3) is 0.286. The van der Waals surface area contributed by atoms with Crippen molar-refractivity contribution in [3.8, 4) is 0 Å². The average molecular weight is 261 g/mol. The monoisotopic (exact) mass is 261 g/mol. The average Bonchev–Trinajstić information content (AvgIpc) is 2.87. The molecule has 0 saturated heterocycles. The summed E-state index contributed by atoms with van der Waals surface area (Å²) in [6.45, 7) is 4.11. The Bertz CT molecular complexity index is 578. The van der Waals surface area contributed by atoms with Crippen molar-refractivity contribution in [1.29, 1.82) is 0 Å². The number of rotatable bonds is 4. The predicted octanol–water partition coefficient (Wildman–Crippen LogP) is 2.53. The molecule has 100 valence electrons. The third-order valence-corrected chi connectivity index (χ3v) is 2.77. The molecule has 4 nitrogen and oxygen atoms in total. The van der Waals surface area contributed by atoms with Crippen LogP contribution in [0.4, 0.5) is 4.39 Å². The maximum Gasteiger partial charge on any atom is 0.272 e. The first-order valence-electron chi connectivity index (χ1n) is 6.14. The standard InChI is InChI=1S/C14H16FN3O/c1-10(2)18-8-7-13(17-18)14(19)16-9-11-5-3-4-6-12(11)15/h3-8,10H,9H2,1-2H3,(H,16,19). The van der Waals surface area contributed by atoms with Crippen LogP contribution in [-0.2, 0) is 6.54 Å². The maximum absolute atomic E-state index is 13.4. The molecule has 1 aromatic carbocycles. The van der Waals surface area contributed by atoms with Crippen LogP contribution in [-0.4, -0.2) is 15.7 Å². The molecule has 0 unspecified atom stereocenters. The lowest BCUT2D eigenvalue weighted by atomic mass is 10.2. The lowest BCUT2D eigenvalue weighted by Gasteiger charge is -2.05. The van der Waals surface area contributed by atoms with E-state index in [1.165, 1.54) is 6.07 Å². The molecule has 1 amide bonds. The number of amides is 1. The van der Waals surface area contributed by atoms with E-state index >= 15 is 0 Å². The zero-order valence-electron chi connectivity index (χ0n) is 10.9. The molecule has 0 radical (unpaired) electrons. The third kappa shape index (κ3) is 3.19. The summed E-state index contributed by atoms with van der Waals surface area (Å²) in [6.07, 6.45) is 1.75. The Morgan fingerprint density at radius 2 is 2.11 bits per heavy atom. The minimum atomic E-state index is -0.324. The molecular formula is C14H16FN3O. The number of carbonyl (C=O) groups is 1. The van der Waals surface area contributed by atoms with Crippen LogP contribution in [0.5, 0.6) is 0 Å². The minimum Gasteiger partial charge on any atom is -0.346 e. The SMILES string of the molecule is CC(C)n1ccc(C(=O)NCc2ccccc2F)n1. The Balaban J connectivity index is 1.99. The van der Waals surface area contributed by atoms with Gasteiger partial charge in [-0.2, -0.15) is 5.10 Å². The molecule has 0 aliphatic rings. The van der Waals surface area contributed by atoms with Gasteiger partial charge in [-0.25, -0.2) is 4.39 Å². The first-order valence-corrected chi connectivity index (χ1v) is 6.14. The molecule has 0 aliphatic heterocycles. The summed E-state index contributed by atoms with van der Waals surface area (Å²) >= 11 is 0. The third-order valence-electron chi connectivity index (χ3n) is 2.77. The Hall–Kier alpha value is -2.17. The molecule has 1 heterocycles. The fourth-order valence-electron chi connectivity index (χ4n) is 1.65. The normalized spacial score (nSPS) is 10.7. The Morgan fingerprint density at radius 3 is 2.74 bits per heavy atom. The van der Waals surface area contributed by atoms with Crippen LogP contribution in [0.25, 0.3) is 0 Å². The van der Waals surface area contributed by atoms with Crippen LogP contribution in [0.1, 0.15) is 35.9 Å². The number of hydrogen-bond acceptors (Lipinski definition) is 2. The van der Waals surface area contributed by atoms with Crippen molar-refractivity contribution in [2.75, 3.05) is 0 Å². The van der Waals surface area contributed by atoms with E-state index in [9.17, 15) is 9.18 Å². The van der Waals surface area contributed by atoms with Gasteiger partial charge < -0.3 is 5.32 Å². The molecule has 0 aliphatic carbocycles. The second-order valence-corrected chi connectivity index (χ2v) is 4.55. The van der Waals surface area contributed by atoms with Gasteiger partial charge in [0.2, 0.25) is 0 Å². The highest BCUT2D eigenvalue weighted by Crippen LogP contribution is 2.07. The summed E-state index contributed by atoms with van der Waals surface area (Å²) in [5.74, 6) is -0.627. The van der Waals surface area contributed by atoms with Gasteiger partial charge in [-0.1, -0.05) is 18.2 Å². The minimum absolute atomic E-state index is 0.153. The van der Waals surface area contributed by atoms with Crippen molar-refractivity contribution in [2.24, 2.45) is 0 Å². The van der Waals surface area contributed by atoms with Crippen molar-refractivity contribution < 1.29 is 9.18 Å². The van der Waals surface area contributed by atoms with E-state index in [-0.39, 0.29) is 24.3 Å². The van der Waals surface area contributed by atoms with Crippen molar-refractivity contribution in [1.82, 2.24) is 15.1 Å². The van der Waals surface area contributed by atoms with Gasteiger partial charge in [0.15, 0.2) is 0 Å². The summed E-state index contributed by atoms with van der Waals surface area (Å²) < 4.78 is 15.1. The van der Waals surface area contributed by atoms with Gasteiger partial charge in [-0.15, -0.1) is 0 Å². The highest BCUT2D eigenvalue weighted by Gasteiger charge is 2.11. The van der Waals surface area contributed by atoms with Crippen LogP contribution >= 0.6 is 0 Å². The molecule has 5 heteroatoms. The number of carbonyl (C=O) groups excluding carboxylic acids is 1. The van der Waals surface area contributed by atoms with Gasteiger partial charge in [0.25, 0.3) is 5.91 Å². The molecule has 0 atom stereocenters. The summed E-state index contributed by atoms with van der Waals surface area (Å²) in [5.41, 5.74) is 0.796. The van der Waals surface area contributed by atoms with Crippen LogP contribution in [0, 0.1) is 5.82 Å². The molecular weight excluding hydrogens is 245 g/mol. The zero-order chi connectivity index (χ0) is 13.8. The maximum atomic E-state index is 13.4. The van der Waals surface area contributed by atoms with Gasteiger partial charge in [0, 0.05) is 24.3 Å². The first-order chi connectivity index (χ1) is 9.08. The quantitative estimate of drug-likeness (QED) is 0.919. The van der Waals surface area contributed by atoms with Crippen molar-refractivity contribution in [3.63, 3.8) is 0 Å².